The largest absolute Gasteiger partial charge is 0.353 e. The normalized spacial score (nSPS) is 27.3. The van der Waals surface area contributed by atoms with E-state index in [4.69, 9.17) is 0 Å². The van der Waals surface area contributed by atoms with E-state index in [1.54, 1.807) is 4.90 Å². The lowest BCUT2D eigenvalue weighted by Gasteiger charge is -2.28. The smallest absolute Gasteiger partial charge is 0.227 e. The highest BCUT2D eigenvalue weighted by atomic mass is 16.2. The zero-order valence-corrected chi connectivity index (χ0v) is 14.8. The maximum absolute atomic E-state index is 12.6. The Hall–Kier alpha value is -1.84. The molecule has 1 saturated heterocycles. The van der Waals surface area contributed by atoms with Gasteiger partial charge in [0.1, 0.15) is 0 Å². The molecule has 0 unspecified atom stereocenters. The van der Waals surface area contributed by atoms with Gasteiger partial charge >= 0.3 is 0 Å². The number of nitrogens with zero attached hydrogens (tertiary/aromatic N) is 1. The first kappa shape index (κ1) is 17.0. The molecule has 1 heterocycles. The maximum atomic E-state index is 12.6. The van der Waals surface area contributed by atoms with Gasteiger partial charge in [0.2, 0.25) is 11.8 Å². The van der Waals surface area contributed by atoms with Gasteiger partial charge in [-0.15, -0.1) is 0 Å². The van der Waals surface area contributed by atoms with Crippen LogP contribution in [0.4, 0.5) is 5.69 Å². The van der Waals surface area contributed by atoms with E-state index >= 15 is 0 Å². The SMILES string of the molecule is CCc1ccccc1N1C[C@@H](C(=O)NC2CCC(C)CC2)CC1=O. The van der Waals surface area contributed by atoms with Crippen LogP contribution in [-0.4, -0.2) is 24.4 Å². The number of nitrogens with one attached hydrogen (secondary N) is 1. The molecule has 1 aromatic rings. The monoisotopic (exact) mass is 328 g/mol. The molecule has 24 heavy (non-hydrogen) atoms. The second kappa shape index (κ2) is 7.37. The molecule has 130 valence electrons. The van der Waals surface area contributed by atoms with Crippen LogP contribution in [0.5, 0.6) is 0 Å². The zero-order valence-electron chi connectivity index (χ0n) is 14.8. The molecule has 1 N–H and O–H groups in total. The first-order chi connectivity index (χ1) is 11.6. The van der Waals surface area contributed by atoms with Gasteiger partial charge in [0.05, 0.1) is 5.92 Å². The van der Waals surface area contributed by atoms with Gasteiger partial charge in [0.15, 0.2) is 0 Å². The number of aryl methyl sites for hydroxylation is 1. The number of carbonyl (C=O) groups excluding carboxylic acids is 2. The molecule has 3 rings (SSSR count). The third kappa shape index (κ3) is 3.63. The molecule has 4 nitrogen and oxygen atoms in total. The van der Waals surface area contributed by atoms with E-state index < -0.39 is 0 Å². The lowest BCUT2D eigenvalue weighted by atomic mass is 9.87. The van der Waals surface area contributed by atoms with Crippen LogP contribution >= 0.6 is 0 Å². The van der Waals surface area contributed by atoms with Crippen molar-refractivity contribution in [1.82, 2.24) is 5.32 Å². The fraction of sp³-hybridized carbons (Fsp3) is 0.600. The standard InChI is InChI=1S/C20H28N2O2/c1-3-15-6-4-5-7-18(15)22-13-16(12-19(22)23)20(24)21-17-10-8-14(2)9-11-17/h4-7,14,16-17H,3,8-13H2,1-2H3,(H,21,24)/t14?,16-,17?/m0/s1. The molecule has 1 saturated carbocycles. The summed E-state index contributed by atoms with van der Waals surface area (Å²) in [6.07, 6.45) is 5.71. The molecule has 4 heteroatoms. The van der Waals surface area contributed by atoms with E-state index in [0.29, 0.717) is 19.0 Å². The highest BCUT2D eigenvalue weighted by molar-refractivity contribution is 6.00. The summed E-state index contributed by atoms with van der Waals surface area (Å²) in [6.45, 7) is 4.87. The molecule has 1 aromatic carbocycles. The minimum atomic E-state index is -0.221. The third-order valence-electron chi connectivity index (χ3n) is 5.52. The number of anilines is 1. The number of hydrogen-bond acceptors (Lipinski definition) is 2. The quantitative estimate of drug-likeness (QED) is 0.922. The predicted octanol–water partition coefficient (Wildman–Crippen LogP) is 3.30. The highest BCUT2D eigenvalue weighted by Gasteiger charge is 2.36. The summed E-state index contributed by atoms with van der Waals surface area (Å²) in [5.41, 5.74) is 2.12. The third-order valence-corrected chi connectivity index (χ3v) is 5.52. The summed E-state index contributed by atoms with van der Waals surface area (Å²) in [5, 5.41) is 3.18. The molecule has 1 aliphatic heterocycles. The Labute approximate surface area is 144 Å². The van der Waals surface area contributed by atoms with E-state index in [2.05, 4.69) is 25.2 Å². The summed E-state index contributed by atoms with van der Waals surface area (Å²) in [6, 6.07) is 8.29. The van der Waals surface area contributed by atoms with E-state index in [0.717, 1.165) is 36.4 Å². The Morgan fingerprint density at radius 3 is 2.62 bits per heavy atom. The van der Waals surface area contributed by atoms with E-state index in [9.17, 15) is 9.59 Å². The fourth-order valence-electron chi connectivity index (χ4n) is 3.91. The maximum Gasteiger partial charge on any atom is 0.227 e. The van der Waals surface area contributed by atoms with Crippen LogP contribution in [0, 0.1) is 11.8 Å². The average Bonchev–Trinajstić information content (AvgIpc) is 2.98. The van der Waals surface area contributed by atoms with Crippen LogP contribution in [0.1, 0.15) is 51.5 Å². The van der Waals surface area contributed by atoms with E-state index in [1.807, 2.05) is 18.2 Å². The number of carbonyl (C=O) groups is 2. The van der Waals surface area contributed by atoms with E-state index in [1.165, 1.54) is 12.8 Å². The molecule has 0 aromatic heterocycles. The molecule has 2 fully saturated rings. The topological polar surface area (TPSA) is 49.4 Å². The average molecular weight is 328 g/mol. The fourth-order valence-corrected chi connectivity index (χ4v) is 3.91. The number of benzene rings is 1. The Kier molecular flexibility index (Phi) is 5.22. The second-order valence-electron chi connectivity index (χ2n) is 7.35. The molecule has 1 aliphatic carbocycles. The minimum Gasteiger partial charge on any atom is -0.353 e. The van der Waals surface area contributed by atoms with Gasteiger partial charge in [-0.3, -0.25) is 9.59 Å². The predicted molar refractivity (Wildman–Crippen MR) is 95.8 cm³/mol. The van der Waals surface area contributed by atoms with Crippen molar-refractivity contribution in [2.45, 2.75) is 58.4 Å². The molecule has 0 spiro atoms. The molecule has 1 atom stereocenters. The van der Waals surface area contributed by atoms with Crippen LogP contribution in [0.15, 0.2) is 24.3 Å². The van der Waals surface area contributed by atoms with Crippen molar-refractivity contribution in [3.63, 3.8) is 0 Å². The molecule has 0 bridgehead atoms. The summed E-state index contributed by atoms with van der Waals surface area (Å²) in [4.78, 5) is 26.8. The van der Waals surface area contributed by atoms with Crippen LogP contribution in [-0.2, 0) is 16.0 Å². The minimum absolute atomic E-state index is 0.0550. The second-order valence-corrected chi connectivity index (χ2v) is 7.35. The number of para-hydroxylation sites is 1. The zero-order chi connectivity index (χ0) is 17.1. The highest BCUT2D eigenvalue weighted by Crippen LogP contribution is 2.29. The molecule has 0 radical (unpaired) electrons. The Morgan fingerprint density at radius 2 is 1.92 bits per heavy atom. The summed E-state index contributed by atoms with van der Waals surface area (Å²) in [7, 11) is 0. The van der Waals surface area contributed by atoms with Crippen molar-refractivity contribution >= 4 is 17.5 Å². The Bertz CT molecular complexity index is 605. The van der Waals surface area contributed by atoms with Gasteiger partial charge < -0.3 is 10.2 Å². The van der Waals surface area contributed by atoms with Gasteiger partial charge in [-0.05, 0) is 49.7 Å². The first-order valence-corrected chi connectivity index (χ1v) is 9.27. The van der Waals surface area contributed by atoms with Crippen LogP contribution < -0.4 is 10.2 Å². The molecular weight excluding hydrogens is 300 g/mol. The summed E-state index contributed by atoms with van der Waals surface area (Å²) >= 11 is 0. The Morgan fingerprint density at radius 1 is 1.21 bits per heavy atom. The lowest BCUT2D eigenvalue weighted by Crippen LogP contribution is -2.41. The van der Waals surface area contributed by atoms with Crippen molar-refractivity contribution in [2.24, 2.45) is 11.8 Å². The van der Waals surface area contributed by atoms with Gasteiger partial charge in [-0.2, -0.15) is 0 Å². The van der Waals surface area contributed by atoms with Crippen molar-refractivity contribution in [3.05, 3.63) is 29.8 Å². The van der Waals surface area contributed by atoms with Crippen molar-refractivity contribution < 1.29 is 9.59 Å². The molecule has 2 amide bonds. The van der Waals surface area contributed by atoms with Gasteiger partial charge in [-0.25, -0.2) is 0 Å². The Balaban J connectivity index is 1.63. The van der Waals surface area contributed by atoms with Gasteiger partial charge in [0.25, 0.3) is 0 Å². The van der Waals surface area contributed by atoms with Gasteiger partial charge in [0, 0.05) is 24.7 Å². The van der Waals surface area contributed by atoms with Gasteiger partial charge in [-0.1, -0.05) is 32.0 Å². The van der Waals surface area contributed by atoms with E-state index in [-0.39, 0.29) is 17.7 Å². The lowest BCUT2D eigenvalue weighted by molar-refractivity contribution is -0.127. The summed E-state index contributed by atoms with van der Waals surface area (Å²) < 4.78 is 0. The van der Waals surface area contributed by atoms with Crippen LogP contribution in [0.25, 0.3) is 0 Å². The summed E-state index contributed by atoms with van der Waals surface area (Å²) in [5.74, 6) is 0.668. The number of rotatable bonds is 4. The van der Waals surface area contributed by atoms with Crippen molar-refractivity contribution in [1.29, 1.82) is 0 Å². The molecular formula is C20H28N2O2. The first-order valence-electron chi connectivity index (χ1n) is 9.27. The van der Waals surface area contributed by atoms with Crippen LogP contribution in [0.2, 0.25) is 0 Å². The van der Waals surface area contributed by atoms with Crippen molar-refractivity contribution in [3.8, 4) is 0 Å². The number of amides is 2. The van der Waals surface area contributed by atoms with Crippen molar-refractivity contribution in [2.75, 3.05) is 11.4 Å². The number of hydrogen-bond donors (Lipinski definition) is 1. The molecule has 2 aliphatic rings. The van der Waals surface area contributed by atoms with Crippen LogP contribution in [0.3, 0.4) is 0 Å².